The van der Waals surface area contributed by atoms with Crippen LogP contribution < -0.4 is 0 Å². The number of carbonyl (C=O) groups is 1. The number of hydrogen-bond donors (Lipinski definition) is 0. The van der Waals surface area contributed by atoms with Crippen molar-refractivity contribution >= 4 is 44.2 Å². The van der Waals surface area contributed by atoms with E-state index in [9.17, 15) is 4.79 Å². The van der Waals surface area contributed by atoms with Crippen LogP contribution in [0, 0.1) is 0 Å². The van der Waals surface area contributed by atoms with Crippen molar-refractivity contribution in [2.24, 2.45) is 9.98 Å². The summed E-state index contributed by atoms with van der Waals surface area (Å²) >= 11 is 11.2. The normalized spacial score (nSPS) is 11.8. The molecule has 0 atom stereocenters. The number of esters is 1. The van der Waals surface area contributed by atoms with Gasteiger partial charge in [0.15, 0.2) is 0 Å². The van der Waals surface area contributed by atoms with Gasteiger partial charge in [-0.1, -0.05) is 0 Å². The molecule has 0 saturated heterocycles. The summed E-state index contributed by atoms with van der Waals surface area (Å²) < 4.78 is 4.55. The standard InChI is InChI=1S/C5H3Cl2N2O2.W/c1-11-4(10)2-8-5(7)9-3-6;/h1H3;/q-1;. The summed E-state index contributed by atoms with van der Waals surface area (Å²) in [5.41, 5.74) is 1.91. The van der Waals surface area contributed by atoms with Gasteiger partial charge in [0.05, 0.1) is 0 Å². The Bertz CT molecular complexity index is 252. The molecule has 12 heavy (non-hydrogen) atoms. The third-order valence-electron chi connectivity index (χ3n) is 0.688. The molecule has 0 bridgehead atoms. The van der Waals surface area contributed by atoms with Gasteiger partial charge in [0.25, 0.3) is 0 Å². The molecule has 0 unspecified atom stereocenters. The minimum atomic E-state index is -0.534. The van der Waals surface area contributed by atoms with E-state index in [1.54, 1.807) is 0 Å². The first-order valence-corrected chi connectivity index (χ1v) is 4.77. The molecule has 0 spiro atoms. The van der Waals surface area contributed by atoms with Crippen LogP contribution in [0.4, 0.5) is 0 Å². The topological polar surface area (TPSA) is 51.0 Å². The van der Waals surface area contributed by atoms with Crippen molar-refractivity contribution < 1.29 is 28.9 Å². The van der Waals surface area contributed by atoms with Crippen LogP contribution in [0.25, 0.3) is 0 Å². The molecular weight excluding hydrogens is 375 g/mol. The average molecular weight is 378 g/mol. The average Bonchev–Trinajstić information content (AvgIpc) is 2.03. The van der Waals surface area contributed by atoms with Gasteiger partial charge in [0.2, 0.25) is 0 Å². The molecule has 0 aliphatic rings. The number of halogens is 2. The zero-order valence-electron chi connectivity index (χ0n) is 5.88. The summed E-state index contributed by atoms with van der Waals surface area (Å²) in [6, 6.07) is 0. The Hall–Kier alpha value is -0.0517. The van der Waals surface area contributed by atoms with Crippen LogP contribution in [0.5, 0.6) is 0 Å². The Morgan fingerprint density at radius 2 is 2.25 bits per heavy atom. The van der Waals surface area contributed by atoms with Crippen LogP contribution in [0.3, 0.4) is 0 Å². The number of hydrogen-bond acceptors (Lipinski definition) is 3. The first-order chi connectivity index (χ1) is 5.61. The Kier molecular flexibility index (Phi) is 6.43. The molecule has 0 amide bonds. The van der Waals surface area contributed by atoms with Crippen LogP contribution in [-0.2, 0) is 28.9 Å². The zero-order chi connectivity index (χ0) is 9.56. The zero-order valence-corrected chi connectivity index (χ0v) is 10.3. The first kappa shape index (κ1) is 11.9. The molecule has 0 aliphatic carbocycles. The molecule has 66 valence electrons. The Balaban J connectivity index is 4.33. The number of aliphatic imine (C=N–C) groups is 2. The van der Waals surface area contributed by atoms with Gasteiger partial charge in [-0.05, 0) is 0 Å². The van der Waals surface area contributed by atoms with Gasteiger partial charge in [-0.3, -0.25) is 0 Å². The number of methoxy groups -OCH3 is 1. The van der Waals surface area contributed by atoms with Gasteiger partial charge in [0.1, 0.15) is 0 Å². The molecule has 0 aromatic heterocycles. The monoisotopic (exact) mass is 377 g/mol. The fourth-order valence-corrected chi connectivity index (χ4v) is 1.34. The fourth-order valence-electron chi connectivity index (χ4n) is 0.277. The van der Waals surface area contributed by atoms with Gasteiger partial charge in [-0.2, -0.15) is 0 Å². The van der Waals surface area contributed by atoms with Crippen LogP contribution in [-0.4, -0.2) is 28.1 Å². The van der Waals surface area contributed by atoms with E-state index < -0.39 is 5.97 Å². The van der Waals surface area contributed by atoms with E-state index in [0.29, 0.717) is 0 Å². The molecule has 0 radical (unpaired) electrons. The number of nitrogens with zero attached hydrogens (tertiary/aromatic N) is 2. The van der Waals surface area contributed by atoms with Crippen LogP contribution in [0.15, 0.2) is 9.98 Å². The molecular formula is C5H3Cl2N2O2W-. The Morgan fingerprint density at radius 1 is 1.67 bits per heavy atom. The van der Waals surface area contributed by atoms with Gasteiger partial charge in [-0.15, -0.1) is 0 Å². The van der Waals surface area contributed by atoms with Gasteiger partial charge in [0, 0.05) is 0 Å². The van der Waals surface area contributed by atoms with Crippen molar-refractivity contribution in [1.29, 1.82) is 0 Å². The second kappa shape index (κ2) is 6.46. The number of rotatable bonds is 2. The summed E-state index contributed by atoms with van der Waals surface area (Å²) in [6.45, 7) is 0. The maximum atomic E-state index is 10.8. The van der Waals surface area contributed by atoms with Crippen molar-refractivity contribution in [1.82, 2.24) is 0 Å². The third-order valence-corrected chi connectivity index (χ3v) is 1.87. The van der Waals surface area contributed by atoms with Gasteiger partial charge < -0.3 is 0 Å². The molecule has 4 nitrogen and oxygen atoms in total. The molecule has 0 aromatic rings. The fraction of sp³-hybridized carbons (Fsp3) is 0.200. The molecule has 0 N–H and O–H groups in total. The summed E-state index contributed by atoms with van der Waals surface area (Å²) in [5, 5.41) is -0.152. The maximum absolute atomic E-state index is 10.8. The minimum absolute atomic E-state index is 0.152. The summed E-state index contributed by atoms with van der Waals surface area (Å²) in [7, 11) is 1.26. The predicted octanol–water partition coefficient (Wildman–Crippen LogP) is 0.575. The van der Waals surface area contributed by atoms with Gasteiger partial charge >= 0.3 is 90.1 Å². The van der Waals surface area contributed by atoms with Crippen LogP contribution in [0.2, 0.25) is 0 Å². The third kappa shape index (κ3) is 4.75. The van der Waals surface area contributed by atoms with Crippen molar-refractivity contribution in [3.05, 3.63) is 0 Å². The van der Waals surface area contributed by atoms with Crippen molar-refractivity contribution in [3.8, 4) is 0 Å². The van der Waals surface area contributed by atoms with E-state index in [4.69, 9.17) is 23.2 Å². The van der Waals surface area contributed by atoms with Crippen LogP contribution in [0.1, 0.15) is 0 Å². The number of amidine groups is 1. The van der Waals surface area contributed by atoms with E-state index >= 15 is 0 Å². The van der Waals surface area contributed by atoms with Crippen LogP contribution >= 0.6 is 23.2 Å². The summed E-state index contributed by atoms with van der Waals surface area (Å²) in [5.74, 6) is -0.534. The van der Waals surface area contributed by atoms with Gasteiger partial charge in [-0.25, -0.2) is 0 Å². The van der Waals surface area contributed by atoms with E-state index in [1.807, 2.05) is 5.67 Å². The molecule has 0 rings (SSSR count). The van der Waals surface area contributed by atoms with E-state index in [0.717, 1.165) is 19.4 Å². The molecule has 0 saturated carbocycles. The summed E-state index contributed by atoms with van der Waals surface area (Å²) in [4.78, 5) is 17.6. The van der Waals surface area contributed by atoms with E-state index in [1.165, 1.54) is 7.11 Å². The SMILES string of the molecule is COC(=O)[C](=[W])N=C(Cl)N=[C-]Cl. The van der Waals surface area contributed by atoms with E-state index in [2.05, 4.69) is 14.7 Å². The second-order valence-electron chi connectivity index (χ2n) is 1.37. The van der Waals surface area contributed by atoms with E-state index in [-0.39, 0.29) is 9.32 Å². The Morgan fingerprint density at radius 3 is 2.67 bits per heavy atom. The molecule has 7 heteroatoms. The molecule has 0 heterocycles. The predicted molar refractivity (Wildman–Crippen MR) is 43.6 cm³/mol. The molecule has 0 aliphatic heterocycles. The molecule has 0 fully saturated rings. The number of ether oxygens (including phenoxy) is 1. The van der Waals surface area contributed by atoms with Crippen molar-refractivity contribution in [3.63, 3.8) is 0 Å². The quantitative estimate of drug-likeness (QED) is 0.232. The first-order valence-electron chi connectivity index (χ1n) is 2.54. The van der Waals surface area contributed by atoms with Crippen molar-refractivity contribution in [2.45, 2.75) is 0 Å². The second-order valence-corrected chi connectivity index (χ2v) is 3.27. The Labute approximate surface area is 90.0 Å². The van der Waals surface area contributed by atoms with Crippen molar-refractivity contribution in [2.75, 3.05) is 7.11 Å². The number of carbonyl (C=O) groups excluding carboxylic acids is 1. The molecule has 0 aromatic carbocycles. The summed E-state index contributed by atoms with van der Waals surface area (Å²) in [6.07, 6.45) is 0.